The number of carbonyl (C=O) groups is 1. The summed E-state index contributed by atoms with van der Waals surface area (Å²) in [6.07, 6.45) is 0. The lowest BCUT2D eigenvalue weighted by Gasteiger charge is -2.11. The molecule has 4 aromatic rings. The van der Waals surface area contributed by atoms with Crippen LogP contribution in [0.2, 0.25) is 0 Å². The van der Waals surface area contributed by atoms with Crippen molar-refractivity contribution in [2.24, 2.45) is 0 Å². The zero-order valence-electron chi connectivity index (χ0n) is 19.2. The summed E-state index contributed by atoms with van der Waals surface area (Å²) in [6, 6.07) is 24.2. The fourth-order valence-corrected chi connectivity index (χ4v) is 5.85. The van der Waals surface area contributed by atoms with E-state index in [0.717, 1.165) is 33.7 Å². The van der Waals surface area contributed by atoms with Crippen molar-refractivity contribution in [3.05, 3.63) is 95.8 Å². The molecule has 0 aliphatic heterocycles. The molecule has 0 unspecified atom stereocenters. The second kappa shape index (κ2) is 11.1. The van der Waals surface area contributed by atoms with E-state index < -0.39 is 15.9 Å². The van der Waals surface area contributed by atoms with Gasteiger partial charge < -0.3 is 0 Å². The lowest BCUT2D eigenvalue weighted by atomic mass is 10.2. The van der Waals surface area contributed by atoms with Crippen LogP contribution >= 0.6 is 23.5 Å². The van der Waals surface area contributed by atoms with E-state index in [1.54, 1.807) is 23.9 Å². The first-order chi connectivity index (χ1) is 16.8. The van der Waals surface area contributed by atoms with Gasteiger partial charge in [0.15, 0.2) is 5.16 Å². The largest absolute Gasteiger partial charge is 0.273 e. The number of hydrogen-bond acceptors (Lipinski definition) is 7. The highest BCUT2D eigenvalue weighted by Gasteiger charge is 2.20. The molecule has 0 radical (unpaired) electrons. The van der Waals surface area contributed by atoms with Crippen LogP contribution in [0.3, 0.4) is 0 Å². The number of hydrogen-bond donors (Lipinski definition) is 1. The molecular formula is C25H24N4O3S3. The van der Waals surface area contributed by atoms with Crippen LogP contribution in [0.5, 0.6) is 0 Å². The fraction of sp³-hybridized carbons (Fsp3) is 0.160. The highest BCUT2D eigenvalue weighted by molar-refractivity contribution is 8.00. The fourth-order valence-electron chi connectivity index (χ4n) is 3.19. The Morgan fingerprint density at radius 1 is 0.857 bits per heavy atom. The number of amides is 1. The molecule has 0 bridgehead atoms. The van der Waals surface area contributed by atoms with Gasteiger partial charge in [0, 0.05) is 10.6 Å². The first-order valence-corrected chi connectivity index (χ1v) is 14.2. The molecule has 0 aliphatic carbocycles. The predicted octanol–water partition coefficient (Wildman–Crippen LogP) is 4.77. The molecule has 0 saturated heterocycles. The van der Waals surface area contributed by atoms with Gasteiger partial charge in [0.2, 0.25) is 5.91 Å². The van der Waals surface area contributed by atoms with Gasteiger partial charge in [-0.05, 0) is 50.2 Å². The average Bonchev–Trinajstić information content (AvgIpc) is 3.26. The summed E-state index contributed by atoms with van der Waals surface area (Å²) in [4.78, 5) is 13.7. The van der Waals surface area contributed by atoms with Gasteiger partial charge in [-0.15, -0.1) is 22.0 Å². The summed E-state index contributed by atoms with van der Waals surface area (Å²) in [7, 11) is -3.94. The summed E-state index contributed by atoms with van der Waals surface area (Å²) in [5.41, 5.74) is 3.00. The lowest BCUT2D eigenvalue weighted by molar-refractivity contribution is -0.116. The molecular weight excluding hydrogens is 501 g/mol. The summed E-state index contributed by atoms with van der Waals surface area (Å²) in [6.45, 7) is 3.91. The normalized spacial score (nSPS) is 11.4. The molecule has 180 valence electrons. The van der Waals surface area contributed by atoms with Crippen molar-refractivity contribution >= 4 is 39.5 Å². The summed E-state index contributed by atoms with van der Waals surface area (Å²) < 4.78 is 29.1. The topological polar surface area (TPSA) is 94.0 Å². The Bertz CT molecular complexity index is 1400. The Labute approximate surface area is 213 Å². The lowest BCUT2D eigenvalue weighted by Crippen LogP contribution is -2.32. The van der Waals surface area contributed by atoms with Crippen molar-refractivity contribution in [2.75, 3.05) is 5.75 Å². The maximum atomic E-state index is 12.5. The van der Waals surface area contributed by atoms with Gasteiger partial charge in [-0.25, -0.2) is 13.1 Å². The van der Waals surface area contributed by atoms with Crippen LogP contribution in [-0.2, 0) is 20.6 Å². The van der Waals surface area contributed by atoms with Crippen molar-refractivity contribution in [3.8, 4) is 5.69 Å². The number of carbonyl (C=O) groups excluding carboxylic acids is 1. The Kier molecular flexibility index (Phi) is 7.94. The number of nitrogens with zero attached hydrogens (tertiary/aromatic N) is 3. The molecule has 4 rings (SSSR count). The van der Waals surface area contributed by atoms with Crippen LogP contribution in [0, 0.1) is 13.8 Å². The van der Waals surface area contributed by atoms with Crippen molar-refractivity contribution < 1.29 is 13.2 Å². The van der Waals surface area contributed by atoms with E-state index in [0.29, 0.717) is 10.9 Å². The van der Waals surface area contributed by atoms with Gasteiger partial charge in [-0.2, -0.15) is 0 Å². The van der Waals surface area contributed by atoms with Crippen LogP contribution in [0.1, 0.15) is 17.0 Å². The Hall–Kier alpha value is -3.08. The summed E-state index contributed by atoms with van der Waals surface area (Å²) >= 11 is 2.78. The first-order valence-electron chi connectivity index (χ1n) is 10.8. The number of sulfonamides is 1. The van der Waals surface area contributed by atoms with Crippen LogP contribution in [0.4, 0.5) is 0 Å². The summed E-state index contributed by atoms with van der Waals surface area (Å²) in [5, 5.41) is 9.16. The minimum absolute atomic E-state index is 0.0457. The number of aryl methyl sites for hydroxylation is 2. The quantitative estimate of drug-likeness (QED) is 0.315. The molecule has 0 atom stereocenters. The van der Waals surface area contributed by atoms with Gasteiger partial charge in [-0.3, -0.25) is 9.36 Å². The third-order valence-electron chi connectivity index (χ3n) is 5.02. The molecule has 10 heteroatoms. The van der Waals surface area contributed by atoms with Crippen LogP contribution < -0.4 is 4.72 Å². The maximum Gasteiger partial charge on any atom is 0.264 e. The minimum Gasteiger partial charge on any atom is -0.273 e. The zero-order chi connectivity index (χ0) is 24.8. The highest BCUT2D eigenvalue weighted by Crippen LogP contribution is 2.27. The number of aromatic nitrogens is 3. The highest BCUT2D eigenvalue weighted by atomic mass is 32.2. The van der Waals surface area contributed by atoms with Crippen molar-refractivity contribution in [2.45, 2.75) is 34.5 Å². The maximum absolute atomic E-state index is 12.5. The third-order valence-corrected chi connectivity index (χ3v) is 8.34. The van der Waals surface area contributed by atoms with E-state index in [1.165, 1.54) is 17.7 Å². The number of nitrogens with one attached hydrogen (secondary N) is 1. The Morgan fingerprint density at radius 2 is 1.49 bits per heavy atom. The van der Waals surface area contributed by atoms with Gasteiger partial charge in [-0.1, -0.05) is 65.4 Å². The number of benzene rings is 3. The molecule has 3 aromatic carbocycles. The van der Waals surface area contributed by atoms with Crippen molar-refractivity contribution in [1.82, 2.24) is 19.5 Å². The second-order valence-electron chi connectivity index (χ2n) is 7.80. The van der Waals surface area contributed by atoms with Crippen molar-refractivity contribution in [3.63, 3.8) is 0 Å². The molecule has 0 saturated carbocycles. The van der Waals surface area contributed by atoms with E-state index in [9.17, 15) is 13.2 Å². The molecule has 1 amide bonds. The Balaban J connectivity index is 1.48. The predicted molar refractivity (Wildman–Crippen MR) is 139 cm³/mol. The van der Waals surface area contributed by atoms with Crippen LogP contribution in [-0.4, -0.2) is 34.8 Å². The SMILES string of the molecule is Cc1ccc(SCc2nnc(SCC(=O)NS(=O)(=O)c3ccc(C)cc3)n2-c2ccccc2)cc1. The molecule has 0 fully saturated rings. The van der Waals surface area contributed by atoms with E-state index in [2.05, 4.69) is 39.2 Å². The third kappa shape index (κ3) is 6.53. The van der Waals surface area contributed by atoms with E-state index in [1.807, 2.05) is 48.7 Å². The summed E-state index contributed by atoms with van der Waals surface area (Å²) in [5.74, 6) is 0.562. The van der Waals surface area contributed by atoms with E-state index >= 15 is 0 Å². The van der Waals surface area contributed by atoms with Gasteiger partial charge in [0.1, 0.15) is 5.82 Å². The molecule has 1 N–H and O–H groups in total. The Morgan fingerprint density at radius 3 is 2.14 bits per heavy atom. The second-order valence-corrected chi connectivity index (χ2v) is 11.5. The molecule has 7 nitrogen and oxygen atoms in total. The minimum atomic E-state index is -3.94. The van der Waals surface area contributed by atoms with E-state index in [-0.39, 0.29) is 10.6 Å². The average molecular weight is 525 g/mol. The number of thioether (sulfide) groups is 2. The number of para-hydroxylation sites is 1. The van der Waals surface area contributed by atoms with Crippen LogP contribution in [0.15, 0.2) is 93.8 Å². The first kappa shape index (κ1) is 25.0. The smallest absolute Gasteiger partial charge is 0.264 e. The molecule has 1 heterocycles. The molecule has 35 heavy (non-hydrogen) atoms. The monoisotopic (exact) mass is 524 g/mol. The molecule has 0 spiro atoms. The number of rotatable bonds is 9. The molecule has 1 aromatic heterocycles. The van der Waals surface area contributed by atoms with Crippen molar-refractivity contribution in [1.29, 1.82) is 0 Å². The standard InChI is InChI=1S/C25H24N4O3S3/c1-18-8-12-21(13-9-18)33-16-23-26-27-25(29(23)20-6-4-3-5-7-20)34-17-24(30)28-35(31,32)22-14-10-19(2)11-15-22/h3-15H,16-17H2,1-2H3,(H,28,30). The van der Waals surface area contributed by atoms with Crippen LogP contribution in [0.25, 0.3) is 5.69 Å². The van der Waals surface area contributed by atoms with E-state index in [4.69, 9.17) is 0 Å². The van der Waals surface area contributed by atoms with Gasteiger partial charge in [0.25, 0.3) is 10.0 Å². The zero-order valence-corrected chi connectivity index (χ0v) is 21.7. The molecule has 0 aliphatic rings. The van der Waals surface area contributed by atoms with Gasteiger partial charge in [0.05, 0.1) is 16.4 Å². The van der Waals surface area contributed by atoms with Gasteiger partial charge >= 0.3 is 0 Å².